The molecule has 154 valence electrons. The van der Waals surface area contributed by atoms with Crippen LogP contribution in [0.25, 0.3) is 0 Å². The van der Waals surface area contributed by atoms with Gasteiger partial charge in [0, 0.05) is 13.0 Å². The molecule has 0 aromatic rings. The van der Waals surface area contributed by atoms with E-state index < -0.39 is 54.9 Å². The maximum absolute atomic E-state index is 12.3. The smallest absolute Gasteiger partial charge is 0.326 e. The Labute approximate surface area is 155 Å². The highest BCUT2D eigenvalue weighted by Crippen LogP contribution is 2.03. The van der Waals surface area contributed by atoms with Crippen LogP contribution in [0, 0.1) is 0 Å². The van der Waals surface area contributed by atoms with Crippen molar-refractivity contribution >= 4 is 29.7 Å². The van der Waals surface area contributed by atoms with Crippen LogP contribution in [0.5, 0.6) is 0 Å². The Morgan fingerprint density at radius 3 is 2.04 bits per heavy atom. The van der Waals surface area contributed by atoms with E-state index in [0.717, 1.165) is 0 Å². The van der Waals surface area contributed by atoms with E-state index in [-0.39, 0.29) is 31.8 Å². The largest absolute Gasteiger partial charge is 0.481 e. The number of aliphatic carboxylic acids is 2. The summed E-state index contributed by atoms with van der Waals surface area (Å²) in [5.41, 5.74) is 15.6. The van der Waals surface area contributed by atoms with Crippen molar-refractivity contribution in [3.63, 3.8) is 0 Å². The van der Waals surface area contributed by atoms with Crippen molar-refractivity contribution in [3.05, 3.63) is 0 Å². The monoisotopic (exact) mass is 390 g/mol. The number of carboxylic acid groups (broad SMARTS) is 2. The number of nitrogens with one attached hydrogen (secondary N) is 2. The molecule has 13 heteroatoms. The SMILES string of the molecule is NC(N)=NCCCC(NC(=O)C(CCC(=O)O)NC(=O)C(N)CO)C(=O)O. The van der Waals surface area contributed by atoms with Gasteiger partial charge in [0.2, 0.25) is 11.8 Å². The standard InChI is InChI=1S/C14H26N6O7/c15-7(6-21)11(24)19-8(3-4-10(22)23)12(25)20-9(13(26)27)2-1-5-18-14(16)17/h7-9,21H,1-6,15H2,(H,19,24)(H,20,25)(H,22,23)(H,26,27)(H4,16,17,18). The van der Waals surface area contributed by atoms with Crippen LogP contribution < -0.4 is 27.8 Å². The Hall–Kier alpha value is -2.93. The minimum absolute atomic E-state index is 0.00754. The van der Waals surface area contributed by atoms with E-state index in [2.05, 4.69) is 15.6 Å². The molecule has 0 aromatic carbocycles. The van der Waals surface area contributed by atoms with Gasteiger partial charge in [-0.1, -0.05) is 0 Å². The average Bonchev–Trinajstić information content (AvgIpc) is 2.59. The number of aliphatic hydroxyl groups excluding tert-OH is 1. The van der Waals surface area contributed by atoms with Crippen molar-refractivity contribution < 1.29 is 34.5 Å². The van der Waals surface area contributed by atoms with Gasteiger partial charge >= 0.3 is 11.9 Å². The van der Waals surface area contributed by atoms with Gasteiger partial charge in [-0.25, -0.2) is 4.79 Å². The van der Waals surface area contributed by atoms with Crippen molar-refractivity contribution in [1.82, 2.24) is 10.6 Å². The first-order valence-corrected chi connectivity index (χ1v) is 8.05. The molecule has 3 unspecified atom stereocenters. The second-order valence-corrected chi connectivity index (χ2v) is 5.63. The molecule has 0 radical (unpaired) electrons. The predicted molar refractivity (Wildman–Crippen MR) is 93.3 cm³/mol. The summed E-state index contributed by atoms with van der Waals surface area (Å²) in [5, 5.41) is 31.3. The van der Waals surface area contributed by atoms with Crippen LogP contribution in [0.15, 0.2) is 4.99 Å². The lowest BCUT2D eigenvalue weighted by molar-refractivity contribution is -0.143. The van der Waals surface area contributed by atoms with Crippen LogP contribution >= 0.6 is 0 Å². The number of hydrogen-bond donors (Lipinski definition) is 8. The van der Waals surface area contributed by atoms with E-state index >= 15 is 0 Å². The highest BCUT2D eigenvalue weighted by molar-refractivity contribution is 5.92. The number of nitrogens with two attached hydrogens (primary N) is 3. The molecular weight excluding hydrogens is 364 g/mol. The van der Waals surface area contributed by atoms with Gasteiger partial charge in [-0.05, 0) is 19.3 Å². The maximum atomic E-state index is 12.3. The third-order valence-electron chi connectivity index (χ3n) is 3.37. The van der Waals surface area contributed by atoms with Gasteiger partial charge in [0.05, 0.1) is 6.61 Å². The summed E-state index contributed by atoms with van der Waals surface area (Å²) in [5.74, 6) is -4.43. The summed E-state index contributed by atoms with van der Waals surface area (Å²) in [7, 11) is 0. The van der Waals surface area contributed by atoms with Crippen molar-refractivity contribution in [2.24, 2.45) is 22.2 Å². The fourth-order valence-electron chi connectivity index (χ4n) is 1.93. The molecule has 27 heavy (non-hydrogen) atoms. The van der Waals surface area contributed by atoms with Gasteiger partial charge < -0.3 is 43.2 Å². The molecule has 0 rings (SSSR count). The van der Waals surface area contributed by atoms with Crippen LogP contribution in [0.2, 0.25) is 0 Å². The van der Waals surface area contributed by atoms with E-state index in [1.54, 1.807) is 0 Å². The molecule has 0 fully saturated rings. The predicted octanol–water partition coefficient (Wildman–Crippen LogP) is -3.72. The Kier molecular flexibility index (Phi) is 11.1. The van der Waals surface area contributed by atoms with Crippen molar-refractivity contribution in [2.45, 2.75) is 43.8 Å². The van der Waals surface area contributed by atoms with Crippen molar-refractivity contribution in [2.75, 3.05) is 13.2 Å². The zero-order valence-corrected chi connectivity index (χ0v) is 14.6. The van der Waals surface area contributed by atoms with Crippen LogP contribution in [-0.2, 0) is 19.2 Å². The number of amides is 2. The lowest BCUT2D eigenvalue weighted by atomic mass is 10.1. The number of aliphatic imine (C=N–C) groups is 1. The first-order valence-electron chi connectivity index (χ1n) is 8.05. The molecule has 0 aliphatic rings. The van der Waals surface area contributed by atoms with Gasteiger partial charge in [0.1, 0.15) is 18.1 Å². The van der Waals surface area contributed by atoms with E-state index in [4.69, 9.17) is 27.4 Å². The Morgan fingerprint density at radius 2 is 1.56 bits per heavy atom. The molecule has 2 amide bonds. The Morgan fingerprint density at radius 1 is 0.963 bits per heavy atom. The number of rotatable bonds is 13. The van der Waals surface area contributed by atoms with Gasteiger partial charge in [0.25, 0.3) is 0 Å². The van der Waals surface area contributed by atoms with Crippen LogP contribution in [0.1, 0.15) is 25.7 Å². The molecule has 0 aromatic heterocycles. The first-order chi connectivity index (χ1) is 12.6. The van der Waals surface area contributed by atoms with Crippen molar-refractivity contribution in [3.8, 4) is 0 Å². The van der Waals surface area contributed by atoms with Gasteiger partial charge in [0.15, 0.2) is 5.96 Å². The lowest BCUT2D eigenvalue weighted by Gasteiger charge is -2.22. The van der Waals surface area contributed by atoms with E-state index in [0.29, 0.717) is 0 Å². The summed E-state index contributed by atoms with van der Waals surface area (Å²) in [6, 6.07) is -3.92. The number of carbonyl (C=O) groups is 4. The fraction of sp³-hybridized carbons (Fsp3) is 0.643. The molecule has 0 bridgehead atoms. The molecule has 13 nitrogen and oxygen atoms in total. The zero-order chi connectivity index (χ0) is 21.0. The van der Waals surface area contributed by atoms with E-state index in [1.165, 1.54) is 0 Å². The number of carbonyl (C=O) groups excluding carboxylic acids is 2. The second-order valence-electron chi connectivity index (χ2n) is 5.63. The molecule has 0 aliphatic carbocycles. The number of hydrogen-bond acceptors (Lipinski definition) is 7. The molecule has 0 heterocycles. The summed E-state index contributed by atoms with van der Waals surface area (Å²) in [6.45, 7) is -0.520. The molecule has 0 saturated carbocycles. The first kappa shape index (κ1) is 24.1. The molecular formula is C14H26N6O7. The molecule has 0 aliphatic heterocycles. The third kappa shape index (κ3) is 10.6. The molecule has 3 atom stereocenters. The fourth-order valence-corrected chi connectivity index (χ4v) is 1.93. The lowest BCUT2D eigenvalue weighted by Crippen LogP contribution is -2.55. The molecule has 11 N–H and O–H groups in total. The molecule has 0 spiro atoms. The minimum atomic E-state index is -1.33. The molecule has 0 saturated heterocycles. The Bertz CT molecular complexity index is 564. The van der Waals surface area contributed by atoms with Gasteiger partial charge in [-0.15, -0.1) is 0 Å². The van der Waals surface area contributed by atoms with Crippen LogP contribution in [-0.4, -0.2) is 76.3 Å². The Balaban J connectivity index is 4.97. The number of carboxylic acids is 2. The summed E-state index contributed by atoms with van der Waals surface area (Å²) >= 11 is 0. The van der Waals surface area contributed by atoms with Gasteiger partial charge in [-0.2, -0.15) is 0 Å². The second kappa shape index (κ2) is 12.4. The average molecular weight is 390 g/mol. The quantitative estimate of drug-likeness (QED) is 0.0867. The minimum Gasteiger partial charge on any atom is -0.481 e. The third-order valence-corrected chi connectivity index (χ3v) is 3.37. The number of aliphatic hydroxyl groups is 1. The highest BCUT2D eigenvalue weighted by atomic mass is 16.4. The summed E-state index contributed by atoms with van der Waals surface area (Å²) < 4.78 is 0. The van der Waals surface area contributed by atoms with Gasteiger partial charge in [-0.3, -0.25) is 19.4 Å². The van der Waals surface area contributed by atoms with Crippen LogP contribution in [0.4, 0.5) is 0 Å². The van der Waals surface area contributed by atoms with E-state index in [1.807, 2.05) is 0 Å². The number of guanidine groups is 1. The zero-order valence-electron chi connectivity index (χ0n) is 14.6. The normalized spacial score (nSPS) is 13.7. The maximum Gasteiger partial charge on any atom is 0.326 e. The highest BCUT2D eigenvalue weighted by Gasteiger charge is 2.28. The van der Waals surface area contributed by atoms with Crippen LogP contribution in [0.3, 0.4) is 0 Å². The summed E-state index contributed by atoms with van der Waals surface area (Å²) in [4.78, 5) is 49.8. The number of nitrogens with zero attached hydrogens (tertiary/aromatic N) is 1. The van der Waals surface area contributed by atoms with E-state index in [9.17, 15) is 24.3 Å². The summed E-state index contributed by atoms with van der Waals surface area (Å²) in [6.07, 6.45) is -0.468. The van der Waals surface area contributed by atoms with Crippen molar-refractivity contribution in [1.29, 1.82) is 0 Å². The topological polar surface area (TPSA) is 243 Å².